The lowest BCUT2D eigenvalue weighted by atomic mass is 10.2. The van der Waals surface area contributed by atoms with Crippen LogP contribution in [0.1, 0.15) is 29.0 Å². The van der Waals surface area contributed by atoms with E-state index in [1.807, 2.05) is 0 Å². The Morgan fingerprint density at radius 2 is 2.31 bits per heavy atom. The topological polar surface area (TPSA) is 65.1 Å². The van der Waals surface area contributed by atoms with Crippen LogP contribution < -0.4 is 5.32 Å². The molecule has 4 heteroatoms. The summed E-state index contributed by atoms with van der Waals surface area (Å²) in [5.74, 6) is -0.894. The van der Waals surface area contributed by atoms with Crippen LogP contribution in [0.3, 0.4) is 0 Å². The molecule has 0 saturated carbocycles. The number of fused-ring (bicyclic) bond motifs is 1. The van der Waals surface area contributed by atoms with Crippen molar-refractivity contribution >= 4 is 11.7 Å². The van der Waals surface area contributed by atoms with Crippen LogP contribution in [-0.4, -0.2) is 22.6 Å². The fourth-order valence-corrected chi connectivity index (χ4v) is 1.62. The number of hydrogen-bond donors (Lipinski definition) is 3. The zero-order valence-corrected chi connectivity index (χ0v) is 7.26. The van der Waals surface area contributed by atoms with Gasteiger partial charge in [0.05, 0.1) is 5.69 Å². The number of aromatic carboxylic acids is 1. The second kappa shape index (κ2) is 3.12. The highest BCUT2D eigenvalue weighted by molar-refractivity contribution is 5.87. The summed E-state index contributed by atoms with van der Waals surface area (Å²) in [5, 5.41) is 12.0. The minimum Gasteiger partial charge on any atom is -0.477 e. The van der Waals surface area contributed by atoms with Gasteiger partial charge in [-0.3, -0.25) is 0 Å². The number of aryl methyl sites for hydroxylation is 1. The SMILES string of the molecule is O=C(O)c1cc2c([nH]1)CCCCN2. The number of aromatic nitrogens is 1. The Labute approximate surface area is 76.0 Å². The van der Waals surface area contributed by atoms with Crippen LogP contribution in [0.4, 0.5) is 5.69 Å². The van der Waals surface area contributed by atoms with Crippen molar-refractivity contribution in [3.8, 4) is 0 Å². The van der Waals surface area contributed by atoms with Crippen LogP contribution in [0.15, 0.2) is 6.07 Å². The van der Waals surface area contributed by atoms with Crippen LogP contribution in [0.5, 0.6) is 0 Å². The second-order valence-corrected chi connectivity index (χ2v) is 3.26. The minimum atomic E-state index is -0.894. The molecule has 2 rings (SSSR count). The predicted molar refractivity (Wildman–Crippen MR) is 49.2 cm³/mol. The van der Waals surface area contributed by atoms with Gasteiger partial charge in [-0.15, -0.1) is 0 Å². The fourth-order valence-electron chi connectivity index (χ4n) is 1.62. The molecule has 4 nitrogen and oxygen atoms in total. The zero-order chi connectivity index (χ0) is 9.26. The number of carboxylic acid groups (broad SMARTS) is 1. The molecule has 3 N–H and O–H groups in total. The highest BCUT2D eigenvalue weighted by Crippen LogP contribution is 2.21. The molecule has 1 aliphatic heterocycles. The van der Waals surface area contributed by atoms with Crippen molar-refractivity contribution < 1.29 is 9.90 Å². The summed E-state index contributed by atoms with van der Waals surface area (Å²) in [6.45, 7) is 0.934. The smallest absolute Gasteiger partial charge is 0.352 e. The largest absolute Gasteiger partial charge is 0.477 e. The van der Waals surface area contributed by atoms with Gasteiger partial charge < -0.3 is 15.4 Å². The number of hydrogen-bond acceptors (Lipinski definition) is 2. The van der Waals surface area contributed by atoms with Gasteiger partial charge in [0.15, 0.2) is 0 Å². The Balaban J connectivity index is 2.32. The Hall–Kier alpha value is -1.45. The Morgan fingerprint density at radius 3 is 3.08 bits per heavy atom. The van der Waals surface area contributed by atoms with E-state index < -0.39 is 5.97 Å². The van der Waals surface area contributed by atoms with Gasteiger partial charge in [0.25, 0.3) is 0 Å². The third kappa shape index (κ3) is 1.52. The average molecular weight is 180 g/mol. The molecule has 0 atom stereocenters. The molecule has 1 aromatic rings. The molecule has 0 radical (unpaired) electrons. The molecule has 70 valence electrons. The van der Waals surface area contributed by atoms with E-state index in [0.717, 1.165) is 37.2 Å². The summed E-state index contributed by atoms with van der Waals surface area (Å²) < 4.78 is 0. The van der Waals surface area contributed by atoms with Crippen molar-refractivity contribution in [2.75, 3.05) is 11.9 Å². The first-order chi connectivity index (χ1) is 6.27. The van der Waals surface area contributed by atoms with E-state index in [1.54, 1.807) is 6.07 Å². The number of carboxylic acids is 1. The van der Waals surface area contributed by atoms with Gasteiger partial charge in [-0.2, -0.15) is 0 Å². The molecule has 0 unspecified atom stereocenters. The highest BCUT2D eigenvalue weighted by Gasteiger charge is 2.13. The molecule has 0 spiro atoms. The van der Waals surface area contributed by atoms with Crippen molar-refractivity contribution in [1.29, 1.82) is 0 Å². The lowest BCUT2D eigenvalue weighted by Crippen LogP contribution is -1.98. The van der Waals surface area contributed by atoms with Crippen molar-refractivity contribution in [3.05, 3.63) is 17.5 Å². The summed E-state index contributed by atoms with van der Waals surface area (Å²) in [7, 11) is 0. The normalized spacial score (nSPS) is 15.7. The molecule has 1 aromatic heterocycles. The number of anilines is 1. The third-order valence-corrected chi connectivity index (χ3v) is 2.30. The summed E-state index contributed by atoms with van der Waals surface area (Å²) in [6, 6.07) is 1.67. The monoisotopic (exact) mass is 180 g/mol. The van der Waals surface area contributed by atoms with Gasteiger partial charge in [-0.05, 0) is 25.3 Å². The Morgan fingerprint density at radius 1 is 1.46 bits per heavy atom. The number of H-pyrrole nitrogens is 1. The van der Waals surface area contributed by atoms with Crippen molar-refractivity contribution in [1.82, 2.24) is 4.98 Å². The molecule has 13 heavy (non-hydrogen) atoms. The van der Waals surface area contributed by atoms with Crippen molar-refractivity contribution in [2.24, 2.45) is 0 Å². The Bertz CT molecular complexity index is 307. The number of carbonyl (C=O) groups is 1. The van der Waals surface area contributed by atoms with E-state index >= 15 is 0 Å². The molecule has 0 saturated heterocycles. The molecule has 1 aliphatic rings. The summed E-state index contributed by atoms with van der Waals surface area (Å²) >= 11 is 0. The summed E-state index contributed by atoms with van der Waals surface area (Å²) in [5.41, 5.74) is 2.25. The van der Waals surface area contributed by atoms with Gasteiger partial charge in [0, 0.05) is 12.2 Å². The van der Waals surface area contributed by atoms with E-state index in [0.29, 0.717) is 0 Å². The lowest BCUT2D eigenvalue weighted by molar-refractivity contribution is 0.0691. The molecule has 0 fully saturated rings. The number of aromatic amines is 1. The average Bonchev–Trinajstić information content (AvgIpc) is 2.38. The molecule has 0 amide bonds. The standard InChI is InChI=1S/C9H12N2O2/c12-9(13)8-5-7-6(11-8)3-1-2-4-10-7/h5,10-11H,1-4H2,(H,12,13). The maximum Gasteiger partial charge on any atom is 0.352 e. The van der Waals surface area contributed by atoms with Gasteiger partial charge in [-0.1, -0.05) is 0 Å². The van der Waals surface area contributed by atoms with Crippen LogP contribution in [0.2, 0.25) is 0 Å². The van der Waals surface area contributed by atoms with Gasteiger partial charge in [0.2, 0.25) is 0 Å². The van der Waals surface area contributed by atoms with Crippen LogP contribution >= 0.6 is 0 Å². The van der Waals surface area contributed by atoms with Crippen LogP contribution in [-0.2, 0) is 6.42 Å². The van der Waals surface area contributed by atoms with Crippen molar-refractivity contribution in [2.45, 2.75) is 19.3 Å². The first-order valence-electron chi connectivity index (χ1n) is 4.46. The van der Waals surface area contributed by atoms with E-state index in [-0.39, 0.29) is 5.69 Å². The molecular formula is C9H12N2O2. The fraction of sp³-hybridized carbons (Fsp3) is 0.444. The lowest BCUT2D eigenvalue weighted by Gasteiger charge is -1.98. The summed E-state index contributed by atoms with van der Waals surface area (Å²) in [6.07, 6.45) is 3.19. The van der Waals surface area contributed by atoms with Gasteiger partial charge in [-0.25, -0.2) is 4.79 Å². The highest BCUT2D eigenvalue weighted by atomic mass is 16.4. The van der Waals surface area contributed by atoms with E-state index in [1.165, 1.54) is 0 Å². The maximum absolute atomic E-state index is 10.6. The molecule has 0 bridgehead atoms. The maximum atomic E-state index is 10.6. The Kier molecular flexibility index (Phi) is 1.96. The first kappa shape index (κ1) is 8.16. The molecule has 0 aromatic carbocycles. The second-order valence-electron chi connectivity index (χ2n) is 3.26. The van der Waals surface area contributed by atoms with E-state index in [2.05, 4.69) is 10.3 Å². The third-order valence-electron chi connectivity index (χ3n) is 2.30. The minimum absolute atomic E-state index is 0.277. The number of rotatable bonds is 1. The molecule has 0 aliphatic carbocycles. The molecule has 2 heterocycles. The predicted octanol–water partition coefficient (Wildman–Crippen LogP) is 1.46. The van der Waals surface area contributed by atoms with Crippen molar-refractivity contribution in [3.63, 3.8) is 0 Å². The van der Waals surface area contributed by atoms with E-state index in [9.17, 15) is 4.79 Å². The molecular weight excluding hydrogens is 168 g/mol. The van der Waals surface area contributed by atoms with E-state index in [4.69, 9.17) is 5.11 Å². The van der Waals surface area contributed by atoms with Gasteiger partial charge in [0.1, 0.15) is 5.69 Å². The quantitative estimate of drug-likeness (QED) is 0.613. The first-order valence-corrected chi connectivity index (χ1v) is 4.46. The van der Waals surface area contributed by atoms with Crippen LogP contribution in [0, 0.1) is 0 Å². The van der Waals surface area contributed by atoms with Crippen LogP contribution in [0.25, 0.3) is 0 Å². The zero-order valence-electron chi connectivity index (χ0n) is 7.26. The summed E-state index contributed by atoms with van der Waals surface area (Å²) in [4.78, 5) is 13.6. The van der Waals surface area contributed by atoms with Gasteiger partial charge >= 0.3 is 5.97 Å². The number of nitrogens with one attached hydrogen (secondary N) is 2.